The van der Waals surface area contributed by atoms with Gasteiger partial charge < -0.3 is 5.32 Å². The fourth-order valence-electron chi connectivity index (χ4n) is 1.72. The van der Waals surface area contributed by atoms with Crippen LogP contribution in [0.15, 0.2) is 46.9 Å². The minimum atomic E-state index is -0.0476. The number of amides is 1. The second-order valence-corrected chi connectivity index (χ2v) is 5.63. The first-order valence-electron chi connectivity index (χ1n) is 5.85. The van der Waals surface area contributed by atoms with Crippen molar-refractivity contribution in [1.82, 2.24) is 0 Å². The Morgan fingerprint density at radius 1 is 1.21 bits per heavy atom. The predicted octanol–water partition coefficient (Wildman–Crippen LogP) is 4.59. The van der Waals surface area contributed by atoms with Crippen LogP contribution in [0.3, 0.4) is 0 Å². The molecule has 98 valence electrons. The molecular formula is C15H13BrClNO. The Labute approximate surface area is 125 Å². The summed E-state index contributed by atoms with van der Waals surface area (Å²) in [5, 5.41) is 3.57. The van der Waals surface area contributed by atoms with Gasteiger partial charge in [-0.2, -0.15) is 0 Å². The maximum absolute atomic E-state index is 12.0. The fraction of sp³-hybridized carbons (Fsp3) is 0.133. The van der Waals surface area contributed by atoms with Gasteiger partial charge in [0.05, 0.1) is 12.1 Å². The van der Waals surface area contributed by atoms with E-state index in [0.717, 1.165) is 21.3 Å². The van der Waals surface area contributed by atoms with Crippen molar-refractivity contribution in [3.05, 3.63) is 63.1 Å². The SMILES string of the molecule is Cc1ccc(Br)c(NC(=O)Cc2ccc(Cl)cc2)c1. The Kier molecular flexibility index (Phi) is 4.61. The Morgan fingerprint density at radius 2 is 1.89 bits per heavy atom. The molecule has 2 aromatic rings. The van der Waals surface area contributed by atoms with Crippen LogP contribution in [0.5, 0.6) is 0 Å². The van der Waals surface area contributed by atoms with E-state index in [2.05, 4.69) is 21.2 Å². The van der Waals surface area contributed by atoms with Crippen molar-refractivity contribution in [2.75, 3.05) is 5.32 Å². The van der Waals surface area contributed by atoms with E-state index in [4.69, 9.17) is 11.6 Å². The number of halogens is 2. The van der Waals surface area contributed by atoms with Crippen molar-refractivity contribution in [1.29, 1.82) is 0 Å². The summed E-state index contributed by atoms with van der Waals surface area (Å²) in [5.41, 5.74) is 2.83. The number of aryl methyl sites for hydroxylation is 1. The van der Waals surface area contributed by atoms with Crippen molar-refractivity contribution < 1.29 is 4.79 Å². The van der Waals surface area contributed by atoms with Crippen LogP contribution in [0.4, 0.5) is 5.69 Å². The highest BCUT2D eigenvalue weighted by Gasteiger charge is 2.07. The molecule has 2 nitrogen and oxygen atoms in total. The van der Waals surface area contributed by atoms with E-state index in [0.29, 0.717) is 11.4 Å². The number of rotatable bonds is 3. The summed E-state index contributed by atoms with van der Waals surface area (Å²) in [7, 11) is 0. The van der Waals surface area contributed by atoms with Crippen molar-refractivity contribution in [3.63, 3.8) is 0 Å². The summed E-state index contributed by atoms with van der Waals surface area (Å²) in [6, 6.07) is 13.1. The standard InChI is InChI=1S/C15H13BrClNO/c1-10-2-7-13(16)14(8-10)18-15(19)9-11-3-5-12(17)6-4-11/h2-8H,9H2,1H3,(H,18,19). The van der Waals surface area contributed by atoms with Crippen LogP contribution in [-0.2, 0) is 11.2 Å². The zero-order valence-electron chi connectivity index (χ0n) is 10.4. The number of carbonyl (C=O) groups excluding carboxylic acids is 1. The molecule has 0 bridgehead atoms. The topological polar surface area (TPSA) is 29.1 Å². The first kappa shape index (κ1) is 14.1. The highest BCUT2D eigenvalue weighted by atomic mass is 79.9. The molecule has 0 aromatic heterocycles. The second-order valence-electron chi connectivity index (χ2n) is 4.33. The van der Waals surface area contributed by atoms with Crippen LogP contribution in [0, 0.1) is 6.92 Å². The van der Waals surface area contributed by atoms with E-state index >= 15 is 0 Å². The molecule has 0 heterocycles. The third kappa shape index (κ3) is 4.08. The van der Waals surface area contributed by atoms with E-state index in [1.165, 1.54) is 0 Å². The number of anilines is 1. The average Bonchev–Trinajstić information content (AvgIpc) is 2.37. The number of benzene rings is 2. The molecule has 0 radical (unpaired) electrons. The summed E-state index contributed by atoms with van der Waals surface area (Å²) in [4.78, 5) is 12.0. The molecule has 4 heteroatoms. The van der Waals surface area contributed by atoms with Gasteiger partial charge in [-0.25, -0.2) is 0 Å². The van der Waals surface area contributed by atoms with Gasteiger partial charge in [0, 0.05) is 9.50 Å². The Bertz CT molecular complexity index is 596. The molecule has 0 fully saturated rings. The van der Waals surface area contributed by atoms with E-state index in [9.17, 15) is 4.79 Å². The molecule has 0 aliphatic heterocycles. The summed E-state index contributed by atoms with van der Waals surface area (Å²) >= 11 is 9.23. The van der Waals surface area contributed by atoms with Crippen LogP contribution >= 0.6 is 27.5 Å². The molecule has 1 amide bonds. The van der Waals surface area contributed by atoms with Gasteiger partial charge in [0.1, 0.15) is 0 Å². The van der Waals surface area contributed by atoms with Gasteiger partial charge >= 0.3 is 0 Å². The van der Waals surface area contributed by atoms with Crippen LogP contribution in [0.25, 0.3) is 0 Å². The highest BCUT2D eigenvalue weighted by Crippen LogP contribution is 2.23. The maximum atomic E-state index is 12.0. The highest BCUT2D eigenvalue weighted by molar-refractivity contribution is 9.10. The van der Waals surface area contributed by atoms with E-state index < -0.39 is 0 Å². The molecule has 1 N–H and O–H groups in total. The molecule has 0 aliphatic rings. The van der Waals surface area contributed by atoms with Gasteiger partial charge in [-0.15, -0.1) is 0 Å². The number of hydrogen-bond acceptors (Lipinski definition) is 1. The molecule has 0 atom stereocenters. The largest absolute Gasteiger partial charge is 0.325 e. The summed E-state index contributed by atoms with van der Waals surface area (Å²) in [6.45, 7) is 1.99. The summed E-state index contributed by atoms with van der Waals surface area (Å²) in [6.07, 6.45) is 0.331. The molecule has 2 aromatic carbocycles. The second kappa shape index (κ2) is 6.22. The van der Waals surface area contributed by atoms with Gasteiger partial charge in [0.25, 0.3) is 0 Å². The minimum absolute atomic E-state index is 0.0476. The Morgan fingerprint density at radius 3 is 2.58 bits per heavy atom. The average molecular weight is 339 g/mol. The minimum Gasteiger partial charge on any atom is -0.325 e. The Hall–Kier alpha value is -1.32. The molecule has 2 rings (SSSR count). The third-order valence-corrected chi connectivity index (χ3v) is 3.62. The lowest BCUT2D eigenvalue weighted by molar-refractivity contribution is -0.115. The lowest BCUT2D eigenvalue weighted by Crippen LogP contribution is -2.14. The van der Waals surface area contributed by atoms with Crippen LogP contribution in [0.2, 0.25) is 5.02 Å². The summed E-state index contributed by atoms with van der Waals surface area (Å²) < 4.78 is 0.877. The fourth-order valence-corrected chi connectivity index (χ4v) is 2.19. The third-order valence-electron chi connectivity index (χ3n) is 2.67. The van der Waals surface area contributed by atoms with Gasteiger partial charge in [-0.05, 0) is 58.2 Å². The lowest BCUT2D eigenvalue weighted by Gasteiger charge is -2.08. The monoisotopic (exact) mass is 337 g/mol. The number of nitrogens with one attached hydrogen (secondary N) is 1. The van der Waals surface area contributed by atoms with E-state index in [1.54, 1.807) is 12.1 Å². The van der Waals surface area contributed by atoms with Gasteiger partial charge in [-0.3, -0.25) is 4.79 Å². The summed E-state index contributed by atoms with van der Waals surface area (Å²) in [5.74, 6) is -0.0476. The first-order valence-corrected chi connectivity index (χ1v) is 7.02. The van der Waals surface area contributed by atoms with E-state index in [-0.39, 0.29) is 5.91 Å². The van der Waals surface area contributed by atoms with Crippen molar-refractivity contribution in [2.45, 2.75) is 13.3 Å². The van der Waals surface area contributed by atoms with Crippen molar-refractivity contribution in [3.8, 4) is 0 Å². The smallest absolute Gasteiger partial charge is 0.228 e. The molecule has 0 unspecified atom stereocenters. The van der Waals surface area contributed by atoms with Gasteiger partial charge in [0.2, 0.25) is 5.91 Å². The van der Waals surface area contributed by atoms with Crippen molar-refractivity contribution >= 4 is 39.1 Å². The number of carbonyl (C=O) groups is 1. The van der Waals surface area contributed by atoms with E-state index in [1.807, 2.05) is 37.3 Å². The number of hydrogen-bond donors (Lipinski definition) is 1. The zero-order valence-corrected chi connectivity index (χ0v) is 12.8. The van der Waals surface area contributed by atoms with Gasteiger partial charge in [-0.1, -0.05) is 29.8 Å². The first-order chi connectivity index (χ1) is 9.04. The van der Waals surface area contributed by atoms with Crippen LogP contribution in [0.1, 0.15) is 11.1 Å². The molecule has 19 heavy (non-hydrogen) atoms. The molecule has 0 saturated carbocycles. The molecule has 0 aliphatic carbocycles. The van der Waals surface area contributed by atoms with Crippen LogP contribution < -0.4 is 5.32 Å². The molecular weight excluding hydrogens is 326 g/mol. The quantitative estimate of drug-likeness (QED) is 0.871. The Balaban J connectivity index is 2.05. The lowest BCUT2D eigenvalue weighted by atomic mass is 10.1. The normalized spacial score (nSPS) is 10.3. The van der Waals surface area contributed by atoms with Crippen LogP contribution in [-0.4, -0.2) is 5.91 Å². The van der Waals surface area contributed by atoms with Gasteiger partial charge in [0.15, 0.2) is 0 Å². The molecule has 0 spiro atoms. The van der Waals surface area contributed by atoms with Crippen molar-refractivity contribution in [2.24, 2.45) is 0 Å². The zero-order chi connectivity index (χ0) is 13.8. The molecule has 0 saturated heterocycles. The predicted molar refractivity (Wildman–Crippen MR) is 82.7 cm³/mol. The maximum Gasteiger partial charge on any atom is 0.228 e.